The molecule has 8 heteroatoms. The summed E-state index contributed by atoms with van der Waals surface area (Å²) in [4.78, 5) is 12.4. The van der Waals surface area contributed by atoms with Crippen LogP contribution in [0.3, 0.4) is 0 Å². The number of benzene rings is 2. The minimum absolute atomic E-state index is 0.141. The van der Waals surface area contributed by atoms with Crippen LogP contribution in [0.5, 0.6) is 5.75 Å². The normalized spacial score (nSPS) is 12.6. The molecular weight excluding hydrogens is 374 g/mol. The number of hydrogen-bond acceptors (Lipinski definition) is 6. The molecule has 7 nitrogen and oxygen atoms in total. The molecule has 1 aromatic heterocycles. The van der Waals surface area contributed by atoms with Crippen molar-refractivity contribution < 1.29 is 9.53 Å². The Kier molecular flexibility index (Phi) is 5.29. The lowest BCUT2D eigenvalue weighted by Crippen LogP contribution is -2.15. The summed E-state index contributed by atoms with van der Waals surface area (Å²) in [5.74, 6) is 0.687. The van der Waals surface area contributed by atoms with Crippen molar-refractivity contribution in [3.63, 3.8) is 0 Å². The van der Waals surface area contributed by atoms with Crippen LogP contribution in [-0.4, -0.2) is 39.0 Å². The Bertz CT molecular complexity index is 1020. The van der Waals surface area contributed by atoms with Crippen molar-refractivity contribution in [2.45, 2.75) is 31.3 Å². The molecule has 0 saturated heterocycles. The minimum atomic E-state index is -0.141. The van der Waals surface area contributed by atoms with E-state index in [-0.39, 0.29) is 11.7 Å². The predicted octanol–water partition coefficient (Wildman–Crippen LogP) is 3.20. The summed E-state index contributed by atoms with van der Waals surface area (Å²) >= 11 is 1.30. The fourth-order valence-electron chi connectivity index (χ4n) is 3.36. The van der Waals surface area contributed by atoms with Crippen LogP contribution in [0.25, 0.3) is 5.69 Å². The van der Waals surface area contributed by atoms with E-state index in [1.54, 1.807) is 11.8 Å². The number of aryl methyl sites for hydroxylation is 3. The van der Waals surface area contributed by atoms with Crippen LogP contribution in [-0.2, 0) is 17.6 Å². The number of nitrogens with zero attached hydrogens (tertiary/aromatic N) is 4. The van der Waals surface area contributed by atoms with Gasteiger partial charge in [-0.25, -0.2) is 0 Å². The Labute approximate surface area is 167 Å². The smallest absolute Gasteiger partial charge is 0.234 e. The van der Waals surface area contributed by atoms with Crippen LogP contribution in [0.2, 0.25) is 0 Å². The Morgan fingerprint density at radius 2 is 2.07 bits per heavy atom. The molecule has 1 heterocycles. The molecule has 0 aliphatic heterocycles. The van der Waals surface area contributed by atoms with Crippen molar-refractivity contribution in [3.05, 3.63) is 53.1 Å². The van der Waals surface area contributed by atoms with Gasteiger partial charge in [0, 0.05) is 0 Å². The number of tetrazole rings is 1. The zero-order valence-corrected chi connectivity index (χ0v) is 16.6. The Hall–Kier alpha value is -2.87. The largest absolute Gasteiger partial charge is 0.495 e. The summed E-state index contributed by atoms with van der Waals surface area (Å²) in [7, 11) is 1.58. The second-order valence-electron chi connectivity index (χ2n) is 6.72. The SMILES string of the molecule is COc1ccc(C)cc1NC(=O)CSc1nnnn1-c1ccc2c(c1)CCC2. The number of nitrogens with one attached hydrogen (secondary N) is 1. The molecule has 1 N–H and O–H groups in total. The molecule has 144 valence electrons. The van der Waals surface area contributed by atoms with Gasteiger partial charge in [0.1, 0.15) is 5.75 Å². The number of anilines is 1. The van der Waals surface area contributed by atoms with Crippen molar-refractivity contribution in [3.8, 4) is 11.4 Å². The summed E-state index contributed by atoms with van der Waals surface area (Å²) < 4.78 is 6.99. The highest BCUT2D eigenvalue weighted by atomic mass is 32.2. The second kappa shape index (κ2) is 8.02. The van der Waals surface area contributed by atoms with E-state index < -0.39 is 0 Å². The summed E-state index contributed by atoms with van der Waals surface area (Å²) in [5.41, 5.74) is 5.38. The number of rotatable bonds is 6. The van der Waals surface area contributed by atoms with Crippen LogP contribution < -0.4 is 10.1 Å². The lowest BCUT2D eigenvalue weighted by Gasteiger charge is -2.11. The summed E-state index contributed by atoms with van der Waals surface area (Å²) in [6.45, 7) is 1.97. The van der Waals surface area contributed by atoms with Gasteiger partial charge >= 0.3 is 0 Å². The lowest BCUT2D eigenvalue weighted by molar-refractivity contribution is -0.113. The first-order chi connectivity index (χ1) is 13.6. The maximum Gasteiger partial charge on any atom is 0.234 e. The lowest BCUT2D eigenvalue weighted by atomic mass is 10.1. The third-order valence-electron chi connectivity index (χ3n) is 4.73. The van der Waals surface area contributed by atoms with Crippen LogP contribution in [0.1, 0.15) is 23.1 Å². The fourth-order valence-corrected chi connectivity index (χ4v) is 4.05. The molecule has 0 atom stereocenters. The number of amides is 1. The van der Waals surface area contributed by atoms with Crippen molar-refractivity contribution in [2.24, 2.45) is 0 Å². The number of fused-ring (bicyclic) bond motifs is 1. The first kappa shape index (κ1) is 18.5. The van der Waals surface area contributed by atoms with E-state index in [0.717, 1.165) is 24.1 Å². The quantitative estimate of drug-likeness (QED) is 0.646. The first-order valence-electron chi connectivity index (χ1n) is 9.12. The highest BCUT2D eigenvalue weighted by molar-refractivity contribution is 7.99. The number of hydrogen-bond donors (Lipinski definition) is 1. The van der Waals surface area contributed by atoms with E-state index >= 15 is 0 Å². The van der Waals surface area contributed by atoms with Gasteiger partial charge in [0.05, 0.1) is 24.2 Å². The van der Waals surface area contributed by atoms with Gasteiger partial charge < -0.3 is 10.1 Å². The molecule has 0 saturated carbocycles. The van der Waals surface area contributed by atoms with E-state index in [2.05, 4.69) is 33.0 Å². The Balaban J connectivity index is 1.44. The fraction of sp³-hybridized carbons (Fsp3) is 0.300. The van der Waals surface area contributed by atoms with Crippen LogP contribution in [0, 0.1) is 6.92 Å². The van der Waals surface area contributed by atoms with Gasteiger partial charge in [-0.15, -0.1) is 5.10 Å². The molecule has 0 bridgehead atoms. The van der Waals surface area contributed by atoms with Gasteiger partial charge in [-0.05, 0) is 77.6 Å². The van der Waals surface area contributed by atoms with Crippen LogP contribution in [0.4, 0.5) is 5.69 Å². The molecule has 0 fully saturated rings. The van der Waals surface area contributed by atoms with E-state index in [4.69, 9.17) is 4.74 Å². The molecule has 0 unspecified atom stereocenters. The average molecular weight is 395 g/mol. The third-order valence-corrected chi connectivity index (χ3v) is 5.65. The molecule has 0 radical (unpaired) electrons. The zero-order chi connectivity index (χ0) is 19.5. The number of thioether (sulfide) groups is 1. The molecule has 28 heavy (non-hydrogen) atoms. The first-order valence-corrected chi connectivity index (χ1v) is 10.1. The number of carbonyl (C=O) groups excluding carboxylic acids is 1. The highest BCUT2D eigenvalue weighted by Gasteiger charge is 2.16. The van der Waals surface area contributed by atoms with E-state index in [1.165, 1.54) is 29.3 Å². The number of carbonyl (C=O) groups is 1. The summed E-state index contributed by atoms with van der Waals surface area (Å²) in [6, 6.07) is 12.0. The molecule has 0 spiro atoms. The van der Waals surface area contributed by atoms with E-state index in [9.17, 15) is 4.79 Å². The molecule has 3 aromatic rings. The molecule has 2 aromatic carbocycles. The van der Waals surface area contributed by atoms with Gasteiger partial charge in [0.2, 0.25) is 11.1 Å². The van der Waals surface area contributed by atoms with E-state index in [1.807, 2.05) is 31.2 Å². The monoisotopic (exact) mass is 395 g/mol. The minimum Gasteiger partial charge on any atom is -0.495 e. The predicted molar refractivity (Wildman–Crippen MR) is 108 cm³/mol. The van der Waals surface area contributed by atoms with Gasteiger partial charge in [0.15, 0.2) is 0 Å². The maximum absolute atomic E-state index is 12.4. The van der Waals surface area contributed by atoms with Crippen molar-refractivity contribution in [1.29, 1.82) is 0 Å². The number of methoxy groups -OCH3 is 1. The van der Waals surface area contributed by atoms with Crippen molar-refractivity contribution in [1.82, 2.24) is 20.2 Å². The van der Waals surface area contributed by atoms with Gasteiger partial charge in [-0.3, -0.25) is 4.79 Å². The standard InChI is InChI=1S/C20H21N5O2S/c1-13-6-9-18(27-2)17(10-13)21-19(26)12-28-20-22-23-24-25(20)16-8-7-14-4-3-5-15(14)11-16/h6-11H,3-5,12H2,1-2H3,(H,21,26). The molecule has 4 rings (SSSR count). The number of aromatic nitrogens is 4. The van der Waals surface area contributed by atoms with E-state index in [0.29, 0.717) is 16.6 Å². The van der Waals surface area contributed by atoms with Gasteiger partial charge in [-0.2, -0.15) is 4.68 Å². The summed E-state index contributed by atoms with van der Waals surface area (Å²) in [6.07, 6.45) is 3.42. The molecular formula is C20H21N5O2S. The van der Waals surface area contributed by atoms with Crippen molar-refractivity contribution in [2.75, 3.05) is 18.2 Å². The Morgan fingerprint density at radius 3 is 2.93 bits per heavy atom. The average Bonchev–Trinajstić information content (AvgIpc) is 3.35. The zero-order valence-electron chi connectivity index (χ0n) is 15.8. The van der Waals surface area contributed by atoms with Crippen molar-refractivity contribution >= 4 is 23.4 Å². The third kappa shape index (κ3) is 3.87. The van der Waals surface area contributed by atoms with Gasteiger partial charge in [-0.1, -0.05) is 23.9 Å². The molecule has 1 aliphatic rings. The molecule has 1 aliphatic carbocycles. The second-order valence-corrected chi connectivity index (χ2v) is 7.66. The maximum atomic E-state index is 12.4. The highest BCUT2D eigenvalue weighted by Crippen LogP contribution is 2.27. The number of ether oxygens (including phenoxy) is 1. The molecule has 1 amide bonds. The topological polar surface area (TPSA) is 81.9 Å². The summed E-state index contributed by atoms with van der Waals surface area (Å²) in [5, 5.41) is 15.4. The van der Waals surface area contributed by atoms with Crippen LogP contribution >= 0.6 is 11.8 Å². The van der Waals surface area contributed by atoms with Crippen LogP contribution in [0.15, 0.2) is 41.6 Å². The van der Waals surface area contributed by atoms with Gasteiger partial charge in [0.25, 0.3) is 0 Å². The Morgan fingerprint density at radius 1 is 1.21 bits per heavy atom.